The first-order valence-corrected chi connectivity index (χ1v) is 11.4. The Morgan fingerprint density at radius 1 is 1.14 bits per heavy atom. The van der Waals surface area contributed by atoms with Gasteiger partial charge in [0.2, 0.25) is 0 Å². The van der Waals surface area contributed by atoms with Gasteiger partial charge in [-0.25, -0.2) is 4.98 Å². The lowest BCUT2D eigenvalue weighted by Crippen LogP contribution is -2.43. The number of ether oxygens (including phenoxy) is 1. The van der Waals surface area contributed by atoms with Crippen LogP contribution < -0.4 is 15.5 Å². The van der Waals surface area contributed by atoms with Gasteiger partial charge in [0.05, 0.1) is 0 Å². The summed E-state index contributed by atoms with van der Waals surface area (Å²) in [6, 6.07) is 4.32. The van der Waals surface area contributed by atoms with Gasteiger partial charge in [0, 0.05) is 53.1 Å². The number of guanidine groups is 1. The minimum Gasteiger partial charge on any atom is -0.385 e. The molecule has 0 unspecified atom stereocenters. The van der Waals surface area contributed by atoms with Crippen molar-refractivity contribution in [2.45, 2.75) is 64.3 Å². The molecule has 29 heavy (non-hydrogen) atoms. The monoisotopic (exact) mass is 401 g/mol. The molecule has 162 valence electrons. The molecule has 0 bridgehead atoms. The van der Waals surface area contributed by atoms with Gasteiger partial charge in [-0.05, 0) is 55.2 Å². The summed E-state index contributed by atoms with van der Waals surface area (Å²) in [6.45, 7) is 4.80. The molecule has 0 spiro atoms. The van der Waals surface area contributed by atoms with Crippen LogP contribution >= 0.6 is 0 Å². The van der Waals surface area contributed by atoms with Crippen molar-refractivity contribution in [2.24, 2.45) is 10.4 Å². The fourth-order valence-corrected chi connectivity index (χ4v) is 4.68. The molecule has 0 aromatic carbocycles. The van der Waals surface area contributed by atoms with E-state index in [1.165, 1.54) is 56.9 Å². The molecule has 3 rings (SSSR count). The number of pyridine rings is 1. The Balaban J connectivity index is 1.52. The lowest BCUT2D eigenvalue weighted by molar-refractivity contribution is 0.138. The van der Waals surface area contributed by atoms with E-state index in [0.717, 1.165) is 51.0 Å². The molecule has 1 aromatic rings. The van der Waals surface area contributed by atoms with Crippen LogP contribution in [-0.4, -0.2) is 51.3 Å². The highest BCUT2D eigenvalue weighted by Crippen LogP contribution is 2.40. The van der Waals surface area contributed by atoms with Crippen molar-refractivity contribution in [3.63, 3.8) is 0 Å². The van der Waals surface area contributed by atoms with Crippen LogP contribution in [0.3, 0.4) is 0 Å². The zero-order valence-corrected chi connectivity index (χ0v) is 18.4. The van der Waals surface area contributed by atoms with Crippen LogP contribution in [-0.2, 0) is 11.3 Å². The summed E-state index contributed by atoms with van der Waals surface area (Å²) in [5, 5.41) is 7.06. The van der Waals surface area contributed by atoms with Crippen molar-refractivity contribution in [1.82, 2.24) is 15.6 Å². The van der Waals surface area contributed by atoms with Crippen LogP contribution in [0.2, 0.25) is 0 Å². The fraction of sp³-hybridized carbons (Fsp3) is 0.739. The topological polar surface area (TPSA) is 61.8 Å². The Kier molecular flexibility index (Phi) is 8.59. The van der Waals surface area contributed by atoms with Crippen LogP contribution in [0.25, 0.3) is 0 Å². The fourth-order valence-electron chi connectivity index (χ4n) is 4.68. The largest absolute Gasteiger partial charge is 0.385 e. The molecule has 1 saturated carbocycles. The second-order valence-electron chi connectivity index (χ2n) is 8.65. The molecule has 2 fully saturated rings. The molecule has 6 nitrogen and oxygen atoms in total. The lowest BCUT2D eigenvalue weighted by Gasteiger charge is -2.30. The van der Waals surface area contributed by atoms with E-state index in [1.807, 2.05) is 13.2 Å². The molecule has 1 aromatic heterocycles. The van der Waals surface area contributed by atoms with Gasteiger partial charge in [-0.2, -0.15) is 0 Å². The maximum Gasteiger partial charge on any atom is 0.191 e. The molecule has 1 aliphatic heterocycles. The van der Waals surface area contributed by atoms with Crippen molar-refractivity contribution < 1.29 is 4.74 Å². The first-order chi connectivity index (χ1) is 14.2. The number of rotatable bonds is 8. The highest BCUT2D eigenvalue weighted by molar-refractivity contribution is 5.79. The molecular formula is C23H39N5O. The second kappa shape index (κ2) is 11.4. The highest BCUT2D eigenvalue weighted by atomic mass is 16.5. The van der Waals surface area contributed by atoms with E-state index in [4.69, 9.17) is 4.74 Å². The average molecular weight is 402 g/mol. The third-order valence-corrected chi connectivity index (χ3v) is 6.56. The van der Waals surface area contributed by atoms with Crippen molar-refractivity contribution >= 4 is 11.8 Å². The Bertz CT molecular complexity index is 634. The molecular weight excluding hydrogens is 362 g/mol. The number of nitrogens with one attached hydrogen (secondary N) is 2. The molecule has 2 heterocycles. The quantitative estimate of drug-likeness (QED) is 0.513. The predicted molar refractivity (Wildman–Crippen MR) is 121 cm³/mol. The summed E-state index contributed by atoms with van der Waals surface area (Å²) in [4.78, 5) is 11.5. The number of methoxy groups -OCH3 is 1. The third-order valence-electron chi connectivity index (χ3n) is 6.56. The van der Waals surface area contributed by atoms with E-state index in [9.17, 15) is 0 Å². The number of aliphatic imine (C=N–C) groups is 1. The van der Waals surface area contributed by atoms with E-state index < -0.39 is 0 Å². The van der Waals surface area contributed by atoms with E-state index in [1.54, 1.807) is 7.11 Å². The Morgan fingerprint density at radius 3 is 2.59 bits per heavy atom. The summed E-state index contributed by atoms with van der Waals surface area (Å²) >= 11 is 0. The van der Waals surface area contributed by atoms with Gasteiger partial charge >= 0.3 is 0 Å². The van der Waals surface area contributed by atoms with Crippen LogP contribution in [0, 0.1) is 5.41 Å². The summed E-state index contributed by atoms with van der Waals surface area (Å²) in [5.41, 5.74) is 1.60. The zero-order chi connectivity index (χ0) is 20.4. The number of anilines is 1. The first kappa shape index (κ1) is 21.9. The maximum atomic E-state index is 5.35. The standard InChI is InChI=1S/C23H39N5O/c1-24-22(27-19-23(12-16-29-2)10-5-6-11-23)26-18-20-9-13-25-21(17-20)28-14-7-3-4-8-15-28/h9,13,17H,3-8,10-12,14-16,18-19H2,1-2H3,(H2,24,26,27). The molecule has 1 saturated heterocycles. The minimum atomic E-state index is 0.351. The van der Waals surface area contributed by atoms with Gasteiger partial charge in [0.25, 0.3) is 0 Å². The Labute approximate surface area is 176 Å². The SMILES string of the molecule is CN=C(NCc1ccnc(N2CCCCCC2)c1)NCC1(CCOC)CCCC1. The third kappa shape index (κ3) is 6.59. The van der Waals surface area contributed by atoms with Crippen LogP contribution in [0.1, 0.15) is 63.4 Å². The van der Waals surface area contributed by atoms with Crippen LogP contribution in [0.4, 0.5) is 5.82 Å². The zero-order valence-electron chi connectivity index (χ0n) is 18.4. The van der Waals surface area contributed by atoms with Gasteiger partial charge in [-0.15, -0.1) is 0 Å². The van der Waals surface area contributed by atoms with Crippen LogP contribution in [0.15, 0.2) is 23.3 Å². The summed E-state index contributed by atoms with van der Waals surface area (Å²) in [6.07, 6.45) is 13.5. The summed E-state index contributed by atoms with van der Waals surface area (Å²) in [5.74, 6) is 1.99. The van der Waals surface area contributed by atoms with Crippen molar-refractivity contribution in [3.8, 4) is 0 Å². The molecule has 0 radical (unpaired) electrons. The lowest BCUT2D eigenvalue weighted by atomic mass is 9.83. The second-order valence-corrected chi connectivity index (χ2v) is 8.65. The summed E-state index contributed by atoms with van der Waals surface area (Å²) < 4.78 is 5.35. The van der Waals surface area contributed by atoms with Crippen LogP contribution in [0.5, 0.6) is 0 Å². The molecule has 0 atom stereocenters. The first-order valence-electron chi connectivity index (χ1n) is 11.4. The van der Waals surface area contributed by atoms with Crippen molar-refractivity contribution in [1.29, 1.82) is 0 Å². The van der Waals surface area contributed by atoms with Gasteiger partial charge in [0.15, 0.2) is 5.96 Å². The average Bonchev–Trinajstić information content (AvgIpc) is 3.05. The molecule has 0 amide bonds. The van der Waals surface area contributed by atoms with Gasteiger partial charge in [-0.1, -0.05) is 25.7 Å². The predicted octanol–water partition coefficient (Wildman–Crippen LogP) is 3.72. The van der Waals surface area contributed by atoms with E-state index >= 15 is 0 Å². The normalized spacial score (nSPS) is 19.8. The smallest absolute Gasteiger partial charge is 0.191 e. The van der Waals surface area contributed by atoms with Gasteiger partial charge in [-0.3, -0.25) is 4.99 Å². The molecule has 2 N–H and O–H groups in total. The minimum absolute atomic E-state index is 0.351. The van der Waals surface area contributed by atoms with Gasteiger partial charge < -0.3 is 20.3 Å². The number of hydrogen-bond donors (Lipinski definition) is 2. The summed E-state index contributed by atoms with van der Waals surface area (Å²) in [7, 11) is 3.65. The Morgan fingerprint density at radius 2 is 1.90 bits per heavy atom. The maximum absolute atomic E-state index is 5.35. The van der Waals surface area contributed by atoms with E-state index in [0.29, 0.717) is 5.41 Å². The van der Waals surface area contributed by atoms with Crippen molar-refractivity contribution in [2.75, 3.05) is 45.3 Å². The molecule has 1 aliphatic carbocycles. The number of hydrogen-bond acceptors (Lipinski definition) is 4. The van der Waals surface area contributed by atoms with Gasteiger partial charge in [0.1, 0.15) is 5.82 Å². The molecule has 6 heteroatoms. The van der Waals surface area contributed by atoms with E-state index in [-0.39, 0.29) is 0 Å². The Hall–Kier alpha value is -1.82. The highest BCUT2D eigenvalue weighted by Gasteiger charge is 2.33. The van der Waals surface area contributed by atoms with Crippen molar-refractivity contribution in [3.05, 3.63) is 23.9 Å². The van der Waals surface area contributed by atoms with E-state index in [2.05, 4.69) is 37.6 Å². The molecule has 2 aliphatic rings. The number of nitrogens with zero attached hydrogens (tertiary/aromatic N) is 3. The number of aromatic nitrogens is 1.